The second kappa shape index (κ2) is 10.1. The van der Waals surface area contributed by atoms with Crippen LogP contribution in [0.2, 0.25) is 5.02 Å². The van der Waals surface area contributed by atoms with E-state index in [-0.39, 0.29) is 11.7 Å². The number of nitrogens with zero attached hydrogens (tertiary/aromatic N) is 2. The van der Waals surface area contributed by atoms with E-state index in [9.17, 15) is 9.90 Å². The topological polar surface area (TPSA) is 96.9 Å². The fourth-order valence-electron chi connectivity index (χ4n) is 4.74. The summed E-state index contributed by atoms with van der Waals surface area (Å²) in [4.78, 5) is 15.5. The zero-order valence-electron chi connectivity index (χ0n) is 20.6. The molecule has 4 aromatic rings. The number of halogens is 1. The van der Waals surface area contributed by atoms with Gasteiger partial charge in [0.05, 0.1) is 27.4 Å². The van der Waals surface area contributed by atoms with Crippen molar-refractivity contribution in [2.24, 2.45) is 0 Å². The summed E-state index contributed by atoms with van der Waals surface area (Å²) >= 11 is 6.24. The van der Waals surface area contributed by atoms with Crippen LogP contribution in [0.5, 0.6) is 23.0 Å². The largest absolute Gasteiger partial charge is 0.507 e. The molecule has 0 aliphatic carbocycles. The molecule has 8 nitrogen and oxygen atoms in total. The van der Waals surface area contributed by atoms with E-state index >= 15 is 0 Å². The number of carbonyl (C=O) groups is 1. The summed E-state index contributed by atoms with van der Waals surface area (Å²) in [5, 5.41) is 18.4. The van der Waals surface area contributed by atoms with Crippen LogP contribution in [0.1, 0.15) is 33.2 Å². The first-order chi connectivity index (χ1) is 17.9. The van der Waals surface area contributed by atoms with Crippen molar-refractivity contribution in [2.45, 2.75) is 12.5 Å². The lowest BCUT2D eigenvalue weighted by Gasteiger charge is -2.27. The first-order valence-electron chi connectivity index (χ1n) is 11.7. The van der Waals surface area contributed by atoms with Crippen molar-refractivity contribution >= 4 is 17.5 Å². The van der Waals surface area contributed by atoms with Gasteiger partial charge in [-0.3, -0.25) is 9.89 Å². The molecule has 1 aliphatic rings. The maximum absolute atomic E-state index is 13.7. The van der Waals surface area contributed by atoms with Crippen LogP contribution < -0.4 is 14.2 Å². The molecule has 190 valence electrons. The van der Waals surface area contributed by atoms with E-state index in [2.05, 4.69) is 10.2 Å². The number of methoxy groups -OCH3 is 3. The standard InChI is InChI=1S/C28H26ClN3O5/c1-35-19-8-4-16(5-9-19)12-13-32-27(17-6-11-22(36-2)23(14-17)37-3)24-25(30-31-26(24)28(32)34)20-15-18(29)7-10-21(20)33/h4-11,14-15,27,33H,12-13H2,1-3H3,(H,30,31). The highest BCUT2D eigenvalue weighted by Crippen LogP contribution is 2.46. The van der Waals surface area contributed by atoms with E-state index in [1.807, 2.05) is 42.5 Å². The third-order valence-electron chi connectivity index (χ3n) is 6.60. The van der Waals surface area contributed by atoms with Gasteiger partial charge in [0.25, 0.3) is 5.91 Å². The number of H-pyrrole nitrogens is 1. The highest BCUT2D eigenvalue weighted by atomic mass is 35.5. The lowest BCUT2D eigenvalue weighted by Crippen LogP contribution is -2.31. The predicted molar refractivity (Wildman–Crippen MR) is 140 cm³/mol. The summed E-state index contributed by atoms with van der Waals surface area (Å²) in [6, 6.07) is 17.6. The Hall–Kier alpha value is -4.17. The first kappa shape index (κ1) is 24.5. The van der Waals surface area contributed by atoms with Gasteiger partial charge < -0.3 is 24.2 Å². The molecule has 3 aromatic carbocycles. The van der Waals surface area contributed by atoms with Gasteiger partial charge >= 0.3 is 0 Å². The number of hydrogen-bond acceptors (Lipinski definition) is 6. The maximum atomic E-state index is 13.7. The smallest absolute Gasteiger partial charge is 0.273 e. The number of hydrogen-bond donors (Lipinski definition) is 2. The summed E-state index contributed by atoms with van der Waals surface area (Å²) in [6.45, 7) is 0.452. The normalized spacial score (nSPS) is 14.5. The molecule has 5 rings (SSSR count). The van der Waals surface area contributed by atoms with Crippen molar-refractivity contribution in [2.75, 3.05) is 27.9 Å². The highest BCUT2D eigenvalue weighted by Gasteiger charge is 2.42. The van der Waals surface area contributed by atoms with Crippen LogP contribution in [-0.2, 0) is 6.42 Å². The van der Waals surface area contributed by atoms with Crippen LogP contribution in [0.4, 0.5) is 0 Å². The third kappa shape index (κ3) is 4.44. The second-order valence-corrected chi connectivity index (χ2v) is 9.07. The Kier molecular flexibility index (Phi) is 6.67. The van der Waals surface area contributed by atoms with Gasteiger partial charge in [-0.1, -0.05) is 29.8 Å². The van der Waals surface area contributed by atoms with Crippen molar-refractivity contribution in [3.05, 3.63) is 88.1 Å². The average molecular weight is 520 g/mol. The van der Waals surface area contributed by atoms with Gasteiger partial charge in [0, 0.05) is 22.7 Å². The number of aromatic hydroxyl groups is 1. The maximum Gasteiger partial charge on any atom is 0.273 e. The van der Waals surface area contributed by atoms with Crippen LogP contribution in [0.25, 0.3) is 11.3 Å². The summed E-state index contributed by atoms with van der Waals surface area (Å²) in [5.41, 5.74) is 3.86. The second-order valence-electron chi connectivity index (χ2n) is 8.64. The van der Waals surface area contributed by atoms with E-state index in [0.29, 0.717) is 52.0 Å². The Balaban J connectivity index is 1.60. The summed E-state index contributed by atoms with van der Waals surface area (Å²) in [7, 11) is 4.77. The molecule has 37 heavy (non-hydrogen) atoms. The van der Waals surface area contributed by atoms with Crippen LogP contribution in [0.15, 0.2) is 60.7 Å². The lowest BCUT2D eigenvalue weighted by molar-refractivity contribution is 0.0745. The fraction of sp³-hybridized carbons (Fsp3) is 0.214. The molecular weight excluding hydrogens is 494 g/mol. The van der Waals surface area contributed by atoms with E-state index in [1.165, 1.54) is 6.07 Å². The Labute approximate surface area is 219 Å². The van der Waals surface area contributed by atoms with Crippen LogP contribution in [0.3, 0.4) is 0 Å². The molecule has 0 saturated carbocycles. The van der Waals surface area contributed by atoms with Gasteiger partial charge in [0.1, 0.15) is 22.9 Å². The minimum atomic E-state index is -0.479. The third-order valence-corrected chi connectivity index (χ3v) is 6.84. The number of aromatic amines is 1. The number of rotatable bonds is 8. The number of nitrogens with one attached hydrogen (secondary N) is 1. The highest BCUT2D eigenvalue weighted by molar-refractivity contribution is 6.31. The van der Waals surface area contributed by atoms with Gasteiger partial charge in [0.15, 0.2) is 11.5 Å². The molecule has 0 spiro atoms. The van der Waals surface area contributed by atoms with Crippen LogP contribution in [0, 0.1) is 0 Å². The molecule has 1 amide bonds. The number of ether oxygens (including phenoxy) is 3. The molecule has 1 unspecified atom stereocenters. The van der Waals surface area contributed by atoms with Crippen molar-refractivity contribution in [3.63, 3.8) is 0 Å². The van der Waals surface area contributed by atoms with Crippen molar-refractivity contribution in [1.82, 2.24) is 15.1 Å². The predicted octanol–water partition coefficient (Wildman–Crippen LogP) is 5.25. The number of benzene rings is 3. The minimum Gasteiger partial charge on any atom is -0.507 e. The molecule has 1 atom stereocenters. The number of phenolic OH excluding ortho intramolecular Hbond substituents is 1. The zero-order valence-corrected chi connectivity index (χ0v) is 21.4. The molecule has 9 heteroatoms. The van der Waals surface area contributed by atoms with E-state index in [0.717, 1.165) is 16.9 Å². The van der Waals surface area contributed by atoms with Gasteiger partial charge in [0.2, 0.25) is 0 Å². The van der Waals surface area contributed by atoms with Gasteiger partial charge in [-0.15, -0.1) is 0 Å². The summed E-state index contributed by atoms with van der Waals surface area (Å²) < 4.78 is 16.2. The average Bonchev–Trinajstić information content (AvgIpc) is 3.47. The number of fused-ring (bicyclic) bond motifs is 1. The van der Waals surface area contributed by atoms with Crippen LogP contribution in [-0.4, -0.2) is 54.0 Å². The minimum absolute atomic E-state index is 0.0221. The summed E-state index contributed by atoms with van der Waals surface area (Å²) in [5.74, 6) is 1.75. The Morgan fingerprint density at radius 1 is 0.973 bits per heavy atom. The number of phenols is 1. The van der Waals surface area contributed by atoms with Crippen LogP contribution >= 0.6 is 11.6 Å². The fourth-order valence-corrected chi connectivity index (χ4v) is 4.91. The van der Waals surface area contributed by atoms with E-state index in [4.69, 9.17) is 25.8 Å². The number of amides is 1. The molecule has 0 fully saturated rings. The molecule has 2 N–H and O–H groups in total. The van der Waals surface area contributed by atoms with Gasteiger partial charge in [-0.2, -0.15) is 5.10 Å². The zero-order chi connectivity index (χ0) is 26.1. The molecule has 0 saturated heterocycles. The molecular formula is C28H26ClN3O5. The lowest BCUT2D eigenvalue weighted by atomic mass is 9.95. The molecule has 0 bridgehead atoms. The van der Waals surface area contributed by atoms with Crippen molar-refractivity contribution in [1.29, 1.82) is 0 Å². The Morgan fingerprint density at radius 3 is 2.43 bits per heavy atom. The molecule has 1 aliphatic heterocycles. The van der Waals surface area contributed by atoms with E-state index < -0.39 is 6.04 Å². The van der Waals surface area contributed by atoms with Crippen molar-refractivity contribution < 1.29 is 24.1 Å². The molecule has 2 heterocycles. The monoisotopic (exact) mass is 519 g/mol. The molecule has 0 radical (unpaired) electrons. The number of aromatic nitrogens is 2. The molecule has 1 aromatic heterocycles. The quantitative estimate of drug-likeness (QED) is 0.330. The Morgan fingerprint density at radius 2 is 1.73 bits per heavy atom. The Bertz CT molecular complexity index is 1450. The van der Waals surface area contributed by atoms with Gasteiger partial charge in [-0.05, 0) is 60.0 Å². The van der Waals surface area contributed by atoms with Crippen molar-refractivity contribution in [3.8, 4) is 34.3 Å². The van der Waals surface area contributed by atoms with E-state index in [1.54, 1.807) is 38.4 Å². The number of carbonyl (C=O) groups excluding carboxylic acids is 1. The summed E-state index contributed by atoms with van der Waals surface area (Å²) in [6.07, 6.45) is 0.634. The SMILES string of the molecule is COc1ccc(CCN2C(=O)c3[nH]nc(-c4cc(Cl)ccc4O)c3C2c2ccc(OC)c(OC)c2)cc1. The van der Waals surface area contributed by atoms with Gasteiger partial charge in [-0.25, -0.2) is 0 Å². The first-order valence-corrected chi connectivity index (χ1v) is 12.1.